The summed E-state index contributed by atoms with van der Waals surface area (Å²) in [7, 11) is -1.70. The lowest BCUT2D eigenvalue weighted by Gasteiger charge is -2.03. The zero-order chi connectivity index (χ0) is 10.6. The molecule has 0 heterocycles. The average Bonchev–Trinajstić information content (AvgIpc) is 2.18. The largest absolute Gasteiger partial charge is 0.330 e. The molecular weight excluding hydrogens is 195 g/mol. The smallest absolute Gasteiger partial charge is 0.191 e. The van der Waals surface area contributed by atoms with E-state index in [2.05, 4.69) is 13.8 Å². The van der Waals surface area contributed by atoms with Gasteiger partial charge in [-0.15, -0.1) is 0 Å². The Morgan fingerprint density at radius 3 is 2.21 bits per heavy atom. The predicted molar refractivity (Wildman–Crippen MR) is 63.5 cm³/mol. The van der Waals surface area contributed by atoms with E-state index in [0.717, 1.165) is 19.0 Å². The van der Waals surface area contributed by atoms with Crippen LogP contribution in [-0.2, 0) is 9.09 Å². The minimum atomic E-state index is -1.70. The highest BCUT2D eigenvalue weighted by atomic mass is 31.1. The molecule has 0 saturated carbocycles. The van der Waals surface area contributed by atoms with Crippen LogP contribution in [0, 0.1) is 0 Å². The van der Waals surface area contributed by atoms with Gasteiger partial charge in [-0.25, -0.2) is 0 Å². The molecule has 14 heavy (non-hydrogen) atoms. The quantitative estimate of drug-likeness (QED) is 0.406. The molecule has 0 aliphatic heterocycles. The summed E-state index contributed by atoms with van der Waals surface area (Å²) in [4.78, 5) is 0. The second kappa shape index (κ2) is 11.3. The summed E-state index contributed by atoms with van der Waals surface area (Å²) in [5.41, 5.74) is 0. The molecule has 2 nitrogen and oxygen atoms in total. The van der Waals surface area contributed by atoms with Gasteiger partial charge in [0.1, 0.15) is 0 Å². The van der Waals surface area contributed by atoms with E-state index >= 15 is 0 Å². The lowest BCUT2D eigenvalue weighted by Crippen LogP contribution is -1.89. The van der Waals surface area contributed by atoms with Crippen LogP contribution >= 0.6 is 8.03 Å². The Kier molecular flexibility index (Phi) is 11.4. The van der Waals surface area contributed by atoms with Gasteiger partial charge in [-0.3, -0.25) is 4.57 Å². The van der Waals surface area contributed by atoms with Crippen LogP contribution in [0.25, 0.3) is 0 Å². The molecule has 0 bridgehead atoms. The summed E-state index contributed by atoms with van der Waals surface area (Å²) in [6.07, 6.45) is 8.99. The lowest BCUT2D eigenvalue weighted by atomic mass is 10.2. The summed E-state index contributed by atoms with van der Waals surface area (Å²) >= 11 is 0. The molecule has 0 aromatic carbocycles. The Morgan fingerprint density at radius 1 is 0.929 bits per heavy atom. The molecule has 0 fully saturated rings. The Bertz CT molecular complexity index is 137. The minimum absolute atomic E-state index is 0.698. The highest BCUT2D eigenvalue weighted by Crippen LogP contribution is 2.24. The molecule has 0 aliphatic carbocycles. The van der Waals surface area contributed by atoms with Crippen molar-refractivity contribution in [1.82, 2.24) is 0 Å². The summed E-state index contributed by atoms with van der Waals surface area (Å²) in [5, 5.41) is 0. The Morgan fingerprint density at radius 2 is 1.57 bits per heavy atom. The molecule has 0 aliphatic rings. The Hall–Kier alpha value is 0.190. The summed E-state index contributed by atoms with van der Waals surface area (Å²) < 4.78 is 16.6. The third kappa shape index (κ3) is 10.3. The zero-order valence-electron chi connectivity index (χ0n) is 9.68. The van der Waals surface area contributed by atoms with Crippen LogP contribution in [0.5, 0.6) is 0 Å². The first-order valence-electron chi connectivity index (χ1n) is 5.96. The molecule has 0 rings (SSSR count). The van der Waals surface area contributed by atoms with Gasteiger partial charge in [0.05, 0.1) is 6.61 Å². The van der Waals surface area contributed by atoms with E-state index in [1.54, 1.807) is 0 Å². The number of hydrogen-bond donors (Lipinski definition) is 0. The molecule has 0 spiro atoms. The summed E-state index contributed by atoms with van der Waals surface area (Å²) in [6.45, 7) is 5.04. The Labute approximate surface area is 89.3 Å². The first-order valence-corrected chi connectivity index (χ1v) is 7.49. The summed E-state index contributed by atoms with van der Waals surface area (Å²) in [5.74, 6) is 0. The van der Waals surface area contributed by atoms with E-state index in [4.69, 9.17) is 4.52 Å². The van der Waals surface area contributed by atoms with Crippen LogP contribution in [0.15, 0.2) is 0 Å². The van der Waals surface area contributed by atoms with Gasteiger partial charge in [-0.2, -0.15) is 0 Å². The maximum atomic E-state index is 11.3. The fourth-order valence-corrected chi connectivity index (χ4v) is 2.36. The fourth-order valence-electron chi connectivity index (χ4n) is 1.31. The van der Waals surface area contributed by atoms with Gasteiger partial charge in [0.2, 0.25) is 0 Å². The zero-order valence-corrected chi connectivity index (χ0v) is 10.7. The summed E-state index contributed by atoms with van der Waals surface area (Å²) in [6, 6.07) is 0. The molecule has 1 atom stereocenters. The van der Waals surface area contributed by atoms with Crippen LogP contribution in [-0.4, -0.2) is 12.8 Å². The standard InChI is InChI=1S/C11H25O2P/c1-3-5-7-8-10-13-14(12)11-9-6-4-2/h14H,3-11H2,1-2H3. The average molecular weight is 220 g/mol. The maximum absolute atomic E-state index is 11.3. The van der Waals surface area contributed by atoms with Crippen molar-refractivity contribution in [2.45, 2.75) is 58.8 Å². The highest BCUT2D eigenvalue weighted by Gasteiger charge is 1.98. The van der Waals surface area contributed by atoms with Gasteiger partial charge >= 0.3 is 0 Å². The second-order valence-corrected chi connectivity index (χ2v) is 5.27. The van der Waals surface area contributed by atoms with E-state index in [-0.39, 0.29) is 0 Å². The first-order chi connectivity index (χ1) is 6.81. The third-order valence-corrected chi connectivity index (χ3v) is 3.53. The normalized spacial score (nSPS) is 13.0. The molecule has 0 amide bonds. The van der Waals surface area contributed by atoms with Gasteiger partial charge in [-0.05, 0) is 12.8 Å². The Balaban J connectivity index is 3.10. The molecular formula is C11H25O2P. The van der Waals surface area contributed by atoms with Crippen molar-refractivity contribution in [2.24, 2.45) is 0 Å². The topological polar surface area (TPSA) is 26.3 Å². The molecule has 0 radical (unpaired) electrons. The van der Waals surface area contributed by atoms with Crippen molar-refractivity contribution in [3.63, 3.8) is 0 Å². The van der Waals surface area contributed by atoms with Gasteiger partial charge in [0, 0.05) is 6.16 Å². The number of rotatable bonds is 10. The van der Waals surface area contributed by atoms with Crippen LogP contribution in [0.4, 0.5) is 0 Å². The van der Waals surface area contributed by atoms with E-state index in [0.29, 0.717) is 6.61 Å². The van der Waals surface area contributed by atoms with Gasteiger partial charge in [0.25, 0.3) is 0 Å². The van der Waals surface area contributed by atoms with Crippen molar-refractivity contribution in [1.29, 1.82) is 0 Å². The molecule has 3 heteroatoms. The van der Waals surface area contributed by atoms with Gasteiger partial charge in [0.15, 0.2) is 8.03 Å². The van der Waals surface area contributed by atoms with Crippen LogP contribution in [0.1, 0.15) is 58.8 Å². The molecule has 1 unspecified atom stereocenters. The van der Waals surface area contributed by atoms with Crippen LogP contribution in [0.2, 0.25) is 0 Å². The van der Waals surface area contributed by atoms with Crippen molar-refractivity contribution in [2.75, 3.05) is 12.8 Å². The van der Waals surface area contributed by atoms with Crippen molar-refractivity contribution in [3.8, 4) is 0 Å². The molecule has 0 N–H and O–H groups in total. The molecule has 86 valence electrons. The third-order valence-electron chi connectivity index (χ3n) is 2.25. The first kappa shape index (κ1) is 14.2. The SMILES string of the molecule is CCCCCCO[PH](=O)CCCCC. The van der Waals surface area contributed by atoms with Gasteiger partial charge in [-0.1, -0.05) is 46.0 Å². The second-order valence-electron chi connectivity index (χ2n) is 3.74. The van der Waals surface area contributed by atoms with Crippen LogP contribution in [0.3, 0.4) is 0 Å². The number of unbranched alkanes of at least 4 members (excludes halogenated alkanes) is 5. The maximum Gasteiger partial charge on any atom is 0.191 e. The monoisotopic (exact) mass is 220 g/mol. The van der Waals surface area contributed by atoms with E-state index < -0.39 is 8.03 Å². The van der Waals surface area contributed by atoms with E-state index in [1.165, 1.54) is 32.1 Å². The lowest BCUT2D eigenvalue weighted by molar-refractivity contribution is 0.316. The van der Waals surface area contributed by atoms with Gasteiger partial charge < -0.3 is 4.52 Å². The molecule has 0 aromatic heterocycles. The van der Waals surface area contributed by atoms with Crippen molar-refractivity contribution in [3.05, 3.63) is 0 Å². The van der Waals surface area contributed by atoms with Crippen molar-refractivity contribution < 1.29 is 9.09 Å². The van der Waals surface area contributed by atoms with E-state index in [9.17, 15) is 4.57 Å². The highest BCUT2D eigenvalue weighted by molar-refractivity contribution is 7.39. The van der Waals surface area contributed by atoms with E-state index in [1.807, 2.05) is 0 Å². The van der Waals surface area contributed by atoms with Crippen molar-refractivity contribution >= 4 is 8.03 Å². The molecule has 0 aromatic rings. The van der Waals surface area contributed by atoms with Crippen LogP contribution < -0.4 is 0 Å². The number of hydrogen-bond acceptors (Lipinski definition) is 2. The fraction of sp³-hybridized carbons (Fsp3) is 1.00. The predicted octanol–water partition coefficient (Wildman–Crippen LogP) is 4.25. The minimum Gasteiger partial charge on any atom is -0.330 e. The molecule has 0 saturated heterocycles.